The highest BCUT2D eigenvalue weighted by molar-refractivity contribution is 6.11. The molecule has 0 saturated heterocycles. The lowest BCUT2D eigenvalue weighted by Gasteiger charge is -2.14. The van der Waals surface area contributed by atoms with Gasteiger partial charge in [-0.2, -0.15) is 0 Å². The molecule has 3 heteroatoms. The number of amides is 1. The summed E-state index contributed by atoms with van der Waals surface area (Å²) in [6.07, 6.45) is 2.25. The van der Waals surface area contributed by atoms with E-state index in [1.807, 2.05) is 30.3 Å². The van der Waals surface area contributed by atoms with Crippen LogP contribution in [0.2, 0.25) is 0 Å². The lowest BCUT2D eigenvalue weighted by molar-refractivity contribution is 0.102. The number of aryl methyl sites for hydroxylation is 1. The number of para-hydroxylation sites is 1. The van der Waals surface area contributed by atoms with Crippen molar-refractivity contribution in [2.45, 2.75) is 41.2 Å². The molecule has 1 N–H and O–H groups in total. The minimum atomic E-state index is -0.0948. The Labute approximate surface area is 184 Å². The molecule has 0 unspecified atom stereocenters. The Balaban J connectivity index is 1.60. The monoisotopic (exact) mass is 410 g/mol. The Hall–Kier alpha value is -3.33. The summed E-state index contributed by atoms with van der Waals surface area (Å²) in [5.74, 6) is -0.0948. The number of aromatic nitrogens is 1. The van der Waals surface area contributed by atoms with E-state index in [0.717, 1.165) is 23.2 Å². The van der Waals surface area contributed by atoms with Gasteiger partial charge in [-0.3, -0.25) is 4.79 Å². The van der Waals surface area contributed by atoms with Gasteiger partial charge < -0.3 is 9.88 Å². The molecule has 0 aliphatic heterocycles. The van der Waals surface area contributed by atoms with Crippen molar-refractivity contribution in [3.8, 4) is 0 Å². The number of nitrogens with zero attached hydrogens (tertiary/aromatic N) is 1. The molecule has 1 aromatic heterocycles. The number of benzene rings is 3. The second-order valence-corrected chi connectivity index (χ2v) is 9.22. The van der Waals surface area contributed by atoms with Crippen LogP contribution in [-0.4, -0.2) is 10.5 Å². The van der Waals surface area contributed by atoms with Crippen molar-refractivity contribution in [1.82, 2.24) is 4.57 Å². The summed E-state index contributed by atoms with van der Waals surface area (Å²) in [5, 5.41) is 5.44. The van der Waals surface area contributed by atoms with E-state index in [1.54, 1.807) is 0 Å². The largest absolute Gasteiger partial charge is 0.341 e. The summed E-state index contributed by atoms with van der Waals surface area (Å²) in [5.41, 5.74) is 6.36. The molecule has 0 aliphatic rings. The zero-order chi connectivity index (χ0) is 22.2. The maximum atomic E-state index is 12.9. The van der Waals surface area contributed by atoms with Crippen molar-refractivity contribution in [3.05, 3.63) is 83.9 Å². The topological polar surface area (TPSA) is 34.0 Å². The van der Waals surface area contributed by atoms with Crippen LogP contribution in [0.25, 0.3) is 27.4 Å². The van der Waals surface area contributed by atoms with Crippen molar-refractivity contribution >= 4 is 39.0 Å². The molecular weight excluding hydrogens is 380 g/mol. The van der Waals surface area contributed by atoms with Crippen molar-refractivity contribution in [2.24, 2.45) is 5.41 Å². The molecule has 0 saturated carbocycles. The molecule has 0 aliphatic carbocycles. The van der Waals surface area contributed by atoms with Crippen LogP contribution in [0, 0.1) is 5.41 Å². The zero-order valence-electron chi connectivity index (χ0n) is 19.0. The summed E-state index contributed by atoms with van der Waals surface area (Å²) in [6, 6.07) is 22.4. The summed E-state index contributed by atoms with van der Waals surface area (Å²) in [4.78, 5) is 12.9. The van der Waals surface area contributed by atoms with Crippen molar-refractivity contribution in [2.75, 3.05) is 5.32 Å². The first kappa shape index (κ1) is 20.9. The van der Waals surface area contributed by atoms with E-state index >= 15 is 0 Å². The maximum Gasteiger partial charge on any atom is 0.255 e. The van der Waals surface area contributed by atoms with Crippen LogP contribution < -0.4 is 5.32 Å². The molecule has 0 radical (unpaired) electrons. The molecule has 1 heterocycles. The fraction of sp³-hybridized carbons (Fsp3) is 0.250. The van der Waals surface area contributed by atoms with E-state index in [9.17, 15) is 4.79 Å². The molecule has 31 heavy (non-hydrogen) atoms. The number of carbonyl (C=O) groups excluding carboxylic acids is 1. The molecule has 0 atom stereocenters. The van der Waals surface area contributed by atoms with Gasteiger partial charge in [-0.25, -0.2) is 0 Å². The molecule has 4 rings (SSSR count). The molecule has 0 fully saturated rings. The van der Waals surface area contributed by atoms with Crippen LogP contribution in [-0.2, 0) is 6.54 Å². The first-order chi connectivity index (χ1) is 14.8. The second kappa shape index (κ2) is 8.07. The fourth-order valence-corrected chi connectivity index (χ4v) is 4.29. The molecule has 3 aromatic carbocycles. The first-order valence-corrected chi connectivity index (χ1v) is 10.9. The molecule has 4 aromatic rings. The molecule has 1 amide bonds. The lowest BCUT2D eigenvalue weighted by Crippen LogP contribution is -2.11. The number of carbonyl (C=O) groups is 1. The average molecular weight is 411 g/mol. The van der Waals surface area contributed by atoms with Crippen LogP contribution in [0.5, 0.6) is 0 Å². The maximum absolute atomic E-state index is 12.9. The van der Waals surface area contributed by atoms with Crippen LogP contribution in [0.1, 0.15) is 50.5 Å². The van der Waals surface area contributed by atoms with E-state index in [2.05, 4.69) is 87.0 Å². The Morgan fingerprint density at radius 3 is 2.23 bits per heavy atom. The van der Waals surface area contributed by atoms with Gasteiger partial charge >= 0.3 is 0 Å². The number of nitrogens with one attached hydrogen (secondary N) is 1. The fourth-order valence-electron chi connectivity index (χ4n) is 4.29. The number of rotatable bonds is 4. The number of hydrogen-bond acceptors (Lipinski definition) is 1. The predicted octanol–water partition coefficient (Wildman–Crippen LogP) is 7.52. The Bertz CT molecular complexity index is 1280. The third kappa shape index (κ3) is 4.27. The van der Waals surface area contributed by atoms with E-state index in [4.69, 9.17) is 0 Å². The third-order valence-electron chi connectivity index (χ3n) is 5.60. The number of fused-ring (bicyclic) bond motifs is 3. The van der Waals surface area contributed by atoms with Crippen LogP contribution in [0.15, 0.2) is 72.8 Å². The minimum Gasteiger partial charge on any atom is -0.341 e. The van der Waals surface area contributed by atoms with Crippen LogP contribution in [0.4, 0.5) is 5.69 Å². The summed E-state index contributed by atoms with van der Waals surface area (Å²) >= 11 is 0. The van der Waals surface area contributed by atoms with E-state index in [-0.39, 0.29) is 11.3 Å². The van der Waals surface area contributed by atoms with E-state index in [1.165, 1.54) is 22.0 Å². The number of allylic oxidation sites excluding steroid dienone is 2. The molecular formula is C28H30N2O. The lowest BCUT2D eigenvalue weighted by atomic mass is 9.91. The zero-order valence-corrected chi connectivity index (χ0v) is 19.0. The van der Waals surface area contributed by atoms with Gasteiger partial charge in [0.05, 0.1) is 0 Å². The second-order valence-electron chi connectivity index (χ2n) is 9.22. The predicted molar refractivity (Wildman–Crippen MR) is 133 cm³/mol. The number of anilines is 1. The van der Waals surface area contributed by atoms with Gasteiger partial charge in [0.25, 0.3) is 5.91 Å². The van der Waals surface area contributed by atoms with Gasteiger partial charge in [-0.1, -0.05) is 57.2 Å². The van der Waals surface area contributed by atoms with Gasteiger partial charge in [0.15, 0.2) is 0 Å². The van der Waals surface area contributed by atoms with E-state index < -0.39 is 0 Å². The smallest absolute Gasteiger partial charge is 0.255 e. The quantitative estimate of drug-likeness (QED) is 0.371. The summed E-state index contributed by atoms with van der Waals surface area (Å²) in [6.45, 7) is 11.7. The third-order valence-corrected chi connectivity index (χ3v) is 5.60. The highest BCUT2D eigenvalue weighted by Gasteiger charge is 2.12. The SMILES string of the molecule is CCn1c2ccccc2c2cc(NC(=O)c3ccc(C(C)=CC(C)(C)C)cc3)ccc21. The average Bonchev–Trinajstić information content (AvgIpc) is 3.05. The van der Waals surface area contributed by atoms with Crippen LogP contribution in [0.3, 0.4) is 0 Å². The van der Waals surface area contributed by atoms with Crippen molar-refractivity contribution in [3.63, 3.8) is 0 Å². The molecule has 0 spiro atoms. The summed E-state index contributed by atoms with van der Waals surface area (Å²) < 4.78 is 2.31. The Kier molecular flexibility index (Phi) is 5.45. The van der Waals surface area contributed by atoms with Gasteiger partial charge in [0.2, 0.25) is 0 Å². The Morgan fingerprint density at radius 1 is 0.903 bits per heavy atom. The van der Waals surface area contributed by atoms with Gasteiger partial charge in [0.1, 0.15) is 0 Å². The molecule has 158 valence electrons. The highest BCUT2D eigenvalue weighted by atomic mass is 16.1. The van der Waals surface area contributed by atoms with Crippen LogP contribution >= 0.6 is 0 Å². The van der Waals surface area contributed by atoms with Crippen molar-refractivity contribution in [1.29, 1.82) is 0 Å². The minimum absolute atomic E-state index is 0.0948. The molecule has 3 nitrogen and oxygen atoms in total. The van der Waals surface area contributed by atoms with Gasteiger partial charge in [0, 0.05) is 39.6 Å². The Morgan fingerprint density at radius 2 is 1.55 bits per heavy atom. The van der Waals surface area contributed by atoms with Gasteiger partial charge in [-0.15, -0.1) is 0 Å². The highest BCUT2D eigenvalue weighted by Crippen LogP contribution is 2.31. The van der Waals surface area contributed by atoms with E-state index in [0.29, 0.717) is 5.56 Å². The normalized spacial score (nSPS) is 12.5. The van der Waals surface area contributed by atoms with Crippen molar-refractivity contribution < 1.29 is 4.79 Å². The van der Waals surface area contributed by atoms with Gasteiger partial charge in [-0.05, 0) is 66.8 Å². The number of hydrogen-bond donors (Lipinski definition) is 1. The standard InChI is InChI=1S/C28H30N2O/c1-6-30-25-10-8-7-9-23(25)24-17-22(15-16-26(24)30)29-27(31)21-13-11-20(12-14-21)19(2)18-28(3,4)5/h7-18H,6H2,1-5H3,(H,29,31). The first-order valence-electron chi connectivity index (χ1n) is 10.9. The molecule has 0 bridgehead atoms. The summed E-state index contributed by atoms with van der Waals surface area (Å²) in [7, 11) is 0.